The summed E-state index contributed by atoms with van der Waals surface area (Å²) in [6, 6.07) is 3.11. The molecule has 0 unspecified atom stereocenters. The van der Waals surface area contributed by atoms with Gasteiger partial charge in [-0.3, -0.25) is 14.9 Å². The van der Waals surface area contributed by atoms with Crippen LogP contribution in [0.15, 0.2) is 23.1 Å². The first-order valence-electron chi connectivity index (χ1n) is 4.59. The van der Waals surface area contributed by atoms with Crippen molar-refractivity contribution in [3.8, 4) is 0 Å². The summed E-state index contributed by atoms with van der Waals surface area (Å²) >= 11 is 5.27. The van der Waals surface area contributed by atoms with E-state index in [0.29, 0.717) is 0 Å². The van der Waals surface area contributed by atoms with Crippen LogP contribution in [0.1, 0.15) is 0 Å². The van der Waals surface area contributed by atoms with E-state index in [1.54, 1.807) is 0 Å². The highest BCUT2D eigenvalue weighted by molar-refractivity contribution is 7.90. The second-order valence-corrected chi connectivity index (χ2v) is 5.71. The minimum atomic E-state index is -3.61. The Hall–Kier alpha value is -1.67. The maximum absolute atomic E-state index is 11.4. The Kier molecular flexibility index (Phi) is 4.25. The number of nitrogens with one attached hydrogen (secondary N) is 1. The number of carbonyl (C=O) groups excluding carboxylic acids is 1. The van der Waals surface area contributed by atoms with E-state index in [1.807, 2.05) is 0 Å². The molecule has 0 saturated carbocycles. The summed E-state index contributed by atoms with van der Waals surface area (Å²) in [5.74, 6) is -0.923. The SMILES string of the molecule is CS(=O)(=O)c1cc(NC(=O)CCl)cc([N+](=O)[O-])c1. The number of nitrogens with zero attached hydrogens (tertiary/aromatic N) is 1. The van der Waals surface area contributed by atoms with Crippen LogP contribution in [0.2, 0.25) is 0 Å². The number of anilines is 1. The molecule has 0 heterocycles. The second kappa shape index (κ2) is 5.32. The highest BCUT2D eigenvalue weighted by atomic mass is 35.5. The maximum atomic E-state index is 11.4. The fourth-order valence-electron chi connectivity index (χ4n) is 1.17. The molecule has 0 aliphatic carbocycles. The number of halogens is 1. The van der Waals surface area contributed by atoms with Gasteiger partial charge in [0.15, 0.2) is 9.84 Å². The van der Waals surface area contributed by atoms with Gasteiger partial charge in [-0.1, -0.05) is 0 Å². The number of sulfone groups is 1. The van der Waals surface area contributed by atoms with Crippen LogP contribution >= 0.6 is 11.6 Å². The Morgan fingerprint density at radius 3 is 2.50 bits per heavy atom. The van der Waals surface area contributed by atoms with Gasteiger partial charge < -0.3 is 5.32 Å². The van der Waals surface area contributed by atoms with Crippen molar-refractivity contribution in [2.24, 2.45) is 0 Å². The maximum Gasteiger partial charge on any atom is 0.272 e. The first kappa shape index (κ1) is 14.4. The molecule has 9 heteroatoms. The number of non-ortho nitro benzene ring substituents is 1. The topological polar surface area (TPSA) is 106 Å². The van der Waals surface area contributed by atoms with E-state index in [0.717, 1.165) is 24.5 Å². The Morgan fingerprint density at radius 2 is 2.06 bits per heavy atom. The van der Waals surface area contributed by atoms with E-state index in [-0.39, 0.29) is 16.5 Å². The van der Waals surface area contributed by atoms with Crippen LogP contribution in [0.4, 0.5) is 11.4 Å². The number of carbonyl (C=O) groups is 1. The van der Waals surface area contributed by atoms with E-state index in [1.165, 1.54) is 0 Å². The highest BCUT2D eigenvalue weighted by Gasteiger charge is 2.16. The lowest BCUT2D eigenvalue weighted by molar-refractivity contribution is -0.385. The molecule has 98 valence electrons. The van der Waals surface area contributed by atoms with Crippen molar-refractivity contribution < 1.29 is 18.1 Å². The summed E-state index contributed by atoms with van der Waals surface area (Å²) in [6.45, 7) is 0. The highest BCUT2D eigenvalue weighted by Crippen LogP contribution is 2.24. The minimum absolute atomic E-state index is 0.00951. The van der Waals surface area contributed by atoms with Gasteiger partial charge in [0, 0.05) is 24.1 Å². The molecule has 0 aliphatic rings. The van der Waals surface area contributed by atoms with Gasteiger partial charge in [0.25, 0.3) is 5.69 Å². The number of benzene rings is 1. The van der Waals surface area contributed by atoms with Crippen LogP contribution in [-0.4, -0.2) is 31.4 Å². The summed E-state index contributed by atoms with van der Waals surface area (Å²) in [5, 5.41) is 12.9. The third-order valence-electron chi connectivity index (χ3n) is 1.94. The second-order valence-electron chi connectivity index (χ2n) is 3.43. The van der Waals surface area contributed by atoms with E-state index in [2.05, 4.69) is 5.32 Å². The molecule has 18 heavy (non-hydrogen) atoms. The molecule has 1 amide bonds. The summed E-state index contributed by atoms with van der Waals surface area (Å²) < 4.78 is 22.7. The standard InChI is InChI=1S/C9H9ClN2O5S/c1-18(16,17)8-3-6(11-9(13)5-10)2-7(4-8)12(14)15/h2-4H,5H2,1H3,(H,11,13). The van der Waals surface area contributed by atoms with Gasteiger partial charge in [-0.05, 0) is 6.07 Å². The molecular weight excluding hydrogens is 284 g/mol. The monoisotopic (exact) mass is 292 g/mol. The number of alkyl halides is 1. The van der Waals surface area contributed by atoms with Crippen molar-refractivity contribution in [3.63, 3.8) is 0 Å². The van der Waals surface area contributed by atoms with E-state index in [9.17, 15) is 23.3 Å². The Balaban J connectivity index is 3.31. The van der Waals surface area contributed by atoms with Crippen molar-refractivity contribution in [2.75, 3.05) is 17.5 Å². The zero-order chi connectivity index (χ0) is 13.9. The Bertz CT molecular complexity index is 599. The molecule has 0 radical (unpaired) electrons. The van der Waals surface area contributed by atoms with Gasteiger partial charge >= 0.3 is 0 Å². The molecule has 0 saturated heterocycles. The van der Waals surface area contributed by atoms with Crippen LogP contribution in [0, 0.1) is 10.1 Å². The predicted molar refractivity (Wildman–Crippen MR) is 65.6 cm³/mol. The summed E-state index contributed by atoms with van der Waals surface area (Å²) in [7, 11) is -3.61. The number of nitro groups is 1. The normalized spacial score (nSPS) is 11.0. The van der Waals surface area contributed by atoms with Gasteiger partial charge in [0.1, 0.15) is 5.88 Å². The summed E-state index contributed by atoms with van der Waals surface area (Å²) in [4.78, 5) is 20.7. The molecule has 0 fully saturated rings. The van der Waals surface area contributed by atoms with Crippen LogP contribution in [0.5, 0.6) is 0 Å². The van der Waals surface area contributed by atoms with E-state index >= 15 is 0 Å². The lowest BCUT2D eigenvalue weighted by Gasteiger charge is -2.05. The van der Waals surface area contributed by atoms with Crippen LogP contribution < -0.4 is 5.32 Å². The van der Waals surface area contributed by atoms with Gasteiger partial charge in [-0.25, -0.2) is 8.42 Å². The van der Waals surface area contributed by atoms with Gasteiger partial charge in [-0.2, -0.15) is 0 Å². The summed E-state index contributed by atoms with van der Waals surface area (Å²) in [5.41, 5.74) is -0.418. The first-order valence-corrected chi connectivity index (χ1v) is 7.02. The van der Waals surface area contributed by atoms with Gasteiger partial charge in [0.05, 0.1) is 9.82 Å². The number of nitro benzene ring substituents is 1. The average molecular weight is 293 g/mol. The lowest BCUT2D eigenvalue weighted by Crippen LogP contribution is -2.13. The Labute approximate surface area is 108 Å². The van der Waals surface area contributed by atoms with Crippen LogP contribution in [0.25, 0.3) is 0 Å². The molecule has 1 rings (SSSR count). The van der Waals surface area contributed by atoms with Gasteiger partial charge in [-0.15, -0.1) is 11.6 Å². The largest absolute Gasteiger partial charge is 0.325 e. The van der Waals surface area contributed by atoms with Crippen molar-refractivity contribution in [2.45, 2.75) is 4.90 Å². The number of rotatable bonds is 4. The molecule has 0 aliphatic heterocycles. The fraction of sp³-hybridized carbons (Fsp3) is 0.222. The molecule has 0 bridgehead atoms. The average Bonchev–Trinajstić information content (AvgIpc) is 2.27. The molecular formula is C9H9ClN2O5S. The zero-order valence-electron chi connectivity index (χ0n) is 9.21. The van der Waals surface area contributed by atoms with Gasteiger partial charge in [0.2, 0.25) is 5.91 Å². The third kappa shape index (κ3) is 3.67. The van der Waals surface area contributed by atoms with Crippen molar-refractivity contribution in [3.05, 3.63) is 28.3 Å². The van der Waals surface area contributed by atoms with Crippen LogP contribution in [0.3, 0.4) is 0 Å². The number of hydrogen-bond donors (Lipinski definition) is 1. The lowest BCUT2D eigenvalue weighted by atomic mass is 10.3. The Morgan fingerprint density at radius 1 is 1.44 bits per heavy atom. The summed E-state index contributed by atoms with van der Waals surface area (Å²) in [6.07, 6.45) is 0.916. The zero-order valence-corrected chi connectivity index (χ0v) is 10.8. The van der Waals surface area contributed by atoms with Crippen molar-refractivity contribution in [1.29, 1.82) is 0 Å². The van der Waals surface area contributed by atoms with Crippen molar-refractivity contribution in [1.82, 2.24) is 0 Å². The number of amides is 1. The fourth-order valence-corrected chi connectivity index (χ4v) is 1.91. The molecule has 1 aromatic rings. The minimum Gasteiger partial charge on any atom is -0.325 e. The molecule has 0 atom stereocenters. The van der Waals surface area contributed by atoms with E-state index in [4.69, 9.17) is 11.6 Å². The molecule has 1 aromatic carbocycles. The van der Waals surface area contributed by atoms with Crippen molar-refractivity contribution >= 4 is 38.7 Å². The van der Waals surface area contributed by atoms with E-state index < -0.39 is 26.4 Å². The smallest absolute Gasteiger partial charge is 0.272 e. The predicted octanol–water partition coefficient (Wildman–Crippen LogP) is 1.18. The third-order valence-corrected chi connectivity index (χ3v) is 3.27. The quantitative estimate of drug-likeness (QED) is 0.509. The van der Waals surface area contributed by atoms with Crippen LogP contribution in [-0.2, 0) is 14.6 Å². The number of hydrogen-bond acceptors (Lipinski definition) is 5. The first-order chi connectivity index (χ1) is 8.24. The molecule has 0 spiro atoms. The molecule has 1 N–H and O–H groups in total. The molecule has 7 nitrogen and oxygen atoms in total. The molecule has 0 aromatic heterocycles.